The fraction of sp³-hybridized carbons (Fsp3) is 0.261. The van der Waals surface area contributed by atoms with Crippen molar-refractivity contribution in [2.45, 2.75) is 19.3 Å². The van der Waals surface area contributed by atoms with Crippen LogP contribution >= 0.6 is 0 Å². The quantitative estimate of drug-likeness (QED) is 0.532. The molecule has 1 fully saturated rings. The molecule has 8 heteroatoms. The monoisotopic (exact) mass is 419 g/mol. The Labute approximate surface area is 177 Å². The summed E-state index contributed by atoms with van der Waals surface area (Å²) in [6.45, 7) is 1.25. The van der Waals surface area contributed by atoms with E-state index in [1.165, 1.54) is 10.6 Å². The Morgan fingerprint density at radius 3 is 2.81 bits per heavy atom. The number of aromatic nitrogens is 4. The molecule has 5 rings (SSSR count). The van der Waals surface area contributed by atoms with Gasteiger partial charge in [-0.1, -0.05) is 30.3 Å². The van der Waals surface area contributed by atoms with Crippen LogP contribution < -0.4 is 5.69 Å². The number of halogens is 1. The maximum absolute atomic E-state index is 14.3. The van der Waals surface area contributed by atoms with E-state index in [1.807, 2.05) is 35.2 Å². The van der Waals surface area contributed by atoms with Gasteiger partial charge in [0.2, 0.25) is 0 Å². The molecule has 31 heavy (non-hydrogen) atoms. The number of aromatic amines is 2. The van der Waals surface area contributed by atoms with Gasteiger partial charge < -0.3 is 9.88 Å². The molecule has 3 heterocycles. The number of para-hydroxylation sites is 2. The Kier molecular flexibility index (Phi) is 4.89. The van der Waals surface area contributed by atoms with Crippen LogP contribution in [0.2, 0.25) is 0 Å². The van der Waals surface area contributed by atoms with E-state index in [1.54, 1.807) is 18.2 Å². The summed E-state index contributed by atoms with van der Waals surface area (Å²) < 4.78 is 15.6. The molecule has 4 aromatic rings. The minimum Gasteiger partial charge on any atom is -0.351 e. The van der Waals surface area contributed by atoms with E-state index in [-0.39, 0.29) is 17.5 Å². The number of nitrogens with one attached hydrogen (secondary N) is 2. The third kappa shape index (κ3) is 3.65. The van der Waals surface area contributed by atoms with E-state index in [4.69, 9.17) is 0 Å². The maximum Gasteiger partial charge on any atom is 0.348 e. The first kappa shape index (κ1) is 19.3. The zero-order valence-corrected chi connectivity index (χ0v) is 16.8. The van der Waals surface area contributed by atoms with E-state index in [0.29, 0.717) is 31.0 Å². The second-order valence-electron chi connectivity index (χ2n) is 7.97. The summed E-state index contributed by atoms with van der Waals surface area (Å²) in [7, 11) is 0. The second-order valence-corrected chi connectivity index (χ2v) is 7.97. The minimum atomic E-state index is -0.480. The molecule has 0 radical (unpaired) electrons. The van der Waals surface area contributed by atoms with E-state index in [2.05, 4.69) is 15.2 Å². The van der Waals surface area contributed by atoms with Crippen molar-refractivity contribution in [3.05, 3.63) is 82.4 Å². The predicted molar refractivity (Wildman–Crippen MR) is 115 cm³/mol. The molecule has 0 bridgehead atoms. The largest absolute Gasteiger partial charge is 0.351 e. The molecule has 1 saturated heterocycles. The van der Waals surface area contributed by atoms with Crippen molar-refractivity contribution in [3.63, 3.8) is 0 Å². The lowest BCUT2D eigenvalue weighted by Gasteiger charge is -2.32. The van der Waals surface area contributed by atoms with Crippen molar-refractivity contribution >= 4 is 16.8 Å². The summed E-state index contributed by atoms with van der Waals surface area (Å²) >= 11 is 0. The van der Waals surface area contributed by atoms with E-state index < -0.39 is 11.5 Å². The Hall–Kier alpha value is -3.68. The number of H-pyrrole nitrogens is 2. The van der Waals surface area contributed by atoms with Crippen molar-refractivity contribution in [3.8, 4) is 5.69 Å². The first-order valence-corrected chi connectivity index (χ1v) is 10.4. The standard InChI is InChI=1S/C23H22FN5O2/c24-17-8-2-4-10-20(17)29-21(26-27-23(29)31)12-15-6-5-11-28(14-15)22(30)19-13-16-7-1-3-9-18(16)25-19/h1-4,7-10,13,15,25H,5-6,11-12,14H2,(H,27,31). The van der Waals surface area contributed by atoms with Crippen LogP contribution in [-0.2, 0) is 6.42 Å². The molecule has 158 valence electrons. The van der Waals surface area contributed by atoms with Crippen molar-refractivity contribution in [1.82, 2.24) is 24.6 Å². The number of carbonyl (C=O) groups excluding carboxylic acids is 1. The van der Waals surface area contributed by atoms with Crippen LogP contribution in [-0.4, -0.2) is 43.6 Å². The Balaban J connectivity index is 1.35. The number of likely N-dealkylation sites (tertiary alicyclic amines) is 1. The predicted octanol–water partition coefficient (Wildman–Crippen LogP) is 3.28. The molecule has 0 saturated carbocycles. The molecule has 1 aliphatic rings. The fourth-order valence-electron chi connectivity index (χ4n) is 4.38. The van der Waals surface area contributed by atoms with Gasteiger partial charge in [-0.2, -0.15) is 5.10 Å². The molecule has 2 N–H and O–H groups in total. The molecule has 2 aromatic heterocycles. The van der Waals surface area contributed by atoms with Crippen LogP contribution in [0.25, 0.3) is 16.6 Å². The van der Waals surface area contributed by atoms with Gasteiger partial charge in [-0.15, -0.1) is 0 Å². The molecule has 0 aliphatic carbocycles. The molecule has 2 aromatic carbocycles. The van der Waals surface area contributed by atoms with Crippen molar-refractivity contribution in [2.24, 2.45) is 5.92 Å². The van der Waals surface area contributed by atoms with Crippen LogP contribution in [0.3, 0.4) is 0 Å². The first-order chi connectivity index (χ1) is 15.1. The van der Waals surface area contributed by atoms with Gasteiger partial charge in [0, 0.05) is 30.4 Å². The number of nitrogens with zero attached hydrogens (tertiary/aromatic N) is 3. The smallest absolute Gasteiger partial charge is 0.348 e. The summed E-state index contributed by atoms with van der Waals surface area (Å²) in [5.41, 5.74) is 1.22. The summed E-state index contributed by atoms with van der Waals surface area (Å²) in [5, 5.41) is 7.57. The Morgan fingerprint density at radius 2 is 1.97 bits per heavy atom. The van der Waals surface area contributed by atoms with Crippen LogP contribution in [0.4, 0.5) is 4.39 Å². The second kappa shape index (κ2) is 7.86. The van der Waals surface area contributed by atoms with Gasteiger partial charge in [0.05, 0.1) is 5.69 Å². The summed E-state index contributed by atoms with van der Waals surface area (Å²) in [6, 6.07) is 15.8. The molecule has 0 spiro atoms. The van der Waals surface area contributed by atoms with Crippen molar-refractivity contribution in [1.29, 1.82) is 0 Å². The molecule has 1 atom stereocenters. The number of rotatable bonds is 4. The van der Waals surface area contributed by atoms with Gasteiger partial charge in [0.15, 0.2) is 0 Å². The van der Waals surface area contributed by atoms with Gasteiger partial charge in [0.25, 0.3) is 5.91 Å². The SMILES string of the molecule is O=C(c1cc2ccccc2[nH]1)N1CCCC(Cc2n[nH]c(=O)n2-c2ccccc2F)C1. The lowest BCUT2D eigenvalue weighted by atomic mass is 9.94. The highest BCUT2D eigenvalue weighted by Crippen LogP contribution is 2.24. The van der Waals surface area contributed by atoms with Gasteiger partial charge in [-0.25, -0.2) is 18.9 Å². The van der Waals surface area contributed by atoms with Crippen molar-refractivity contribution in [2.75, 3.05) is 13.1 Å². The molecular weight excluding hydrogens is 397 g/mol. The number of piperidine rings is 1. The molecule has 1 unspecified atom stereocenters. The average Bonchev–Trinajstić information content (AvgIpc) is 3.37. The highest BCUT2D eigenvalue weighted by atomic mass is 19.1. The first-order valence-electron chi connectivity index (χ1n) is 10.4. The van der Waals surface area contributed by atoms with Gasteiger partial charge in [-0.05, 0) is 43.0 Å². The lowest BCUT2D eigenvalue weighted by molar-refractivity contribution is 0.0667. The van der Waals surface area contributed by atoms with Gasteiger partial charge in [0.1, 0.15) is 17.3 Å². The summed E-state index contributed by atoms with van der Waals surface area (Å²) in [5.74, 6) is 0.0868. The van der Waals surface area contributed by atoms with Crippen LogP contribution in [0.5, 0.6) is 0 Å². The highest BCUT2D eigenvalue weighted by Gasteiger charge is 2.27. The van der Waals surface area contributed by atoms with E-state index in [0.717, 1.165) is 23.7 Å². The van der Waals surface area contributed by atoms with Gasteiger partial charge >= 0.3 is 5.69 Å². The summed E-state index contributed by atoms with van der Waals surface area (Å²) in [6.07, 6.45) is 2.25. The number of fused-ring (bicyclic) bond motifs is 1. The third-order valence-corrected chi connectivity index (χ3v) is 5.87. The van der Waals surface area contributed by atoms with E-state index in [9.17, 15) is 14.0 Å². The topological polar surface area (TPSA) is 86.8 Å². The van der Waals surface area contributed by atoms with E-state index >= 15 is 0 Å². The average molecular weight is 419 g/mol. The molecular formula is C23H22FN5O2. The number of carbonyl (C=O) groups is 1. The van der Waals surface area contributed by atoms with Gasteiger partial charge in [-0.3, -0.25) is 4.79 Å². The van der Waals surface area contributed by atoms with Crippen LogP contribution in [0.15, 0.2) is 59.4 Å². The minimum absolute atomic E-state index is 0.0329. The lowest BCUT2D eigenvalue weighted by Crippen LogP contribution is -2.41. The number of benzene rings is 2. The zero-order chi connectivity index (χ0) is 21.4. The number of amides is 1. The van der Waals surface area contributed by atoms with Crippen molar-refractivity contribution < 1.29 is 9.18 Å². The van der Waals surface area contributed by atoms with Crippen LogP contribution in [0, 0.1) is 11.7 Å². The summed E-state index contributed by atoms with van der Waals surface area (Å²) in [4.78, 5) is 30.4. The molecule has 1 amide bonds. The number of hydrogen-bond donors (Lipinski definition) is 2. The molecule has 1 aliphatic heterocycles. The third-order valence-electron chi connectivity index (χ3n) is 5.87. The normalized spacial score (nSPS) is 16.7. The number of hydrogen-bond acceptors (Lipinski definition) is 3. The Morgan fingerprint density at radius 1 is 1.16 bits per heavy atom. The van der Waals surface area contributed by atoms with Crippen LogP contribution in [0.1, 0.15) is 29.2 Å². The highest BCUT2D eigenvalue weighted by molar-refractivity contribution is 5.98. The maximum atomic E-state index is 14.3. The zero-order valence-electron chi connectivity index (χ0n) is 16.8. The molecule has 7 nitrogen and oxygen atoms in total. The fourth-order valence-corrected chi connectivity index (χ4v) is 4.38. The Bertz CT molecular complexity index is 1270.